The fourth-order valence-corrected chi connectivity index (χ4v) is 3.83. The summed E-state index contributed by atoms with van der Waals surface area (Å²) in [4.78, 5) is 14.4. The van der Waals surface area contributed by atoms with Crippen molar-refractivity contribution in [2.24, 2.45) is 0 Å². The zero-order valence-corrected chi connectivity index (χ0v) is 16.0. The Labute approximate surface area is 150 Å². The third-order valence-electron chi connectivity index (χ3n) is 4.83. The molecule has 0 unspecified atom stereocenters. The average molecular weight is 346 g/mol. The zero-order valence-electron chi connectivity index (χ0n) is 16.0. The topological polar surface area (TPSA) is 50.8 Å². The molecule has 1 aromatic rings. The molecule has 0 saturated carbocycles. The summed E-state index contributed by atoms with van der Waals surface area (Å²) in [6.07, 6.45) is 1.74. The van der Waals surface area contributed by atoms with Gasteiger partial charge in [0.2, 0.25) is 0 Å². The molecular weight excluding hydrogens is 316 g/mol. The van der Waals surface area contributed by atoms with Gasteiger partial charge in [-0.3, -0.25) is 0 Å². The predicted octanol–water partition coefficient (Wildman–Crippen LogP) is 3.85. The van der Waals surface area contributed by atoms with Crippen LogP contribution < -0.4 is 15.0 Å². The van der Waals surface area contributed by atoms with Crippen LogP contribution in [0.4, 0.5) is 10.5 Å². The first-order chi connectivity index (χ1) is 11.8. The first-order valence-corrected chi connectivity index (χ1v) is 9.31. The summed E-state index contributed by atoms with van der Waals surface area (Å²) in [7, 11) is 0. The van der Waals surface area contributed by atoms with E-state index < -0.39 is 5.60 Å². The molecule has 25 heavy (non-hydrogen) atoms. The number of alkyl carbamates (subject to hydrolysis) is 1. The van der Waals surface area contributed by atoms with Gasteiger partial charge in [0, 0.05) is 42.7 Å². The van der Waals surface area contributed by atoms with E-state index in [4.69, 9.17) is 9.47 Å². The Kier molecular flexibility index (Phi) is 4.85. The van der Waals surface area contributed by atoms with Gasteiger partial charge in [-0.25, -0.2) is 4.79 Å². The molecule has 1 N–H and O–H groups in total. The van der Waals surface area contributed by atoms with Crippen LogP contribution in [0.1, 0.15) is 58.1 Å². The summed E-state index contributed by atoms with van der Waals surface area (Å²) >= 11 is 0. The van der Waals surface area contributed by atoms with E-state index in [1.807, 2.05) is 27.7 Å². The molecule has 0 saturated heterocycles. The van der Waals surface area contributed by atoms with E-state index >= 15 is 0 Å². The molecule has 2 heterocycles. The molecule has 3 rings (SSSR count). The summed E-state index contributed by atoms with van der Waals surface area (Å²) < 4.78 is 11.1. The molecule has 1 amide bonds. The Morgan fingerprint density at radius 3 is 2.88 bits per heavy atom. The van der Waals surface area contributed by atoms with E-state index in [2.05, 4.69) is 29.3 Å². The summed E-state index contributed by atoms with van der Waals surface area (Å²) in [5.41, 5.74) is 3.61. The zero-order chi connectivity index (χ0) is 18.2. The van der Waals surface area contributed by atoms with Gasteiger partial charge in [0.15, 0.2) is 0 Å². The van der Waals surface area contributed by atoms with Crippen LogP contribution in [0.2, 0.25) is 0 Å². The maximum absolute atomic E-state index is 12.0. The number of rotatable bonds is 4. The summed E-state index contributed by atoms with van der Waals surface area (Å²) in [5, 5.41) is 2.96. The van der Waals surface area contributed by atoms with E-state index in [0.717, 1.165) is 38.3 Å². The van der Waals surface area contributed by atoms with Gasteiger partial charge >= 0.3 is 6.09 Å². The molecule has 0 radical (unpaired) electrons. The van der Waals surface area contributed by atoms with Gasteiger partial charge in [0.05, 0.1) is 6.61 Å². The number of fused-ring (bicyclic) bond motifs is 3. The van der Waals surface area contributed by atoms with E-state index in [1.165, 1.54) is 16.8 Å². The van der Waals surface area contributed by atoms with E-state index in [1.54, 1.807) is 0 Å². The molecule has 1 aromatic carbocycles. The number of ether oxygens (including phenoxy) is 2. The van der Waals surface area contributed by atoms with Gasteiger partial charge in [-0.2, -0.15) is 0 Å². The number of anilines is 1. The standard InChI is InChI=1S/C20H30N2O3/c1-6-14-12-22(11-13(2)21-19(23)25-20(3,4)5)18-15(14)7-8-17-16(18)9-10-24-17/h7-8,13-14H,6,9-12H2,1-5H3,(H,21,23)/t13-,14+/m0/s1. The SMILES string of the molecule is CC[C@@H]1CN(C[C@H](C)NC(=O)OC(C)(C)C)c2c1ccc1c2CCO1. The number of hydrogen-bond donors (Lipinski definition) is 1. The number of benzene rings is 1. The number of amides is 1. The molecular formula is C20H30N2O3. The van der Waals surface area contributed by atoms with Gasteiger partial charge in [-0.15, -0.1) is 0 Å². The van der Waals surface area contributed by atoms with E-state index in [-0.39, 0.29) is 12.1 Å². The molecule has 2 atom stereocenters. The highest BCUT2D eigenvalue weighted by Crippen LogP contribution is 2.45. The minimum atomic E-state index is -0.477. The third kappa shape index (κ3) is 3.86. The lowest BCUT2D eigenvalue weighted by Crippen LogP contribution is -2.44. The summed E-state index contributed by atoms with van der Waals surface area (Å²) in [5.74, 6) is 1.57. The minimum Gasteiger partial charge on any atom is -0.493 e. The highest BCUT2D eigenvalue weighted by atomic mass is 16.6. The van der Waals surface area contributed by atoms with Crippen molar-refractivity contribution in [2.75, 3.05) is 24.6 Å². The lowest BCUT2D eigenvalue weighted by atomic mass is 9.96. The normalized spacial score (nSPS) is 19.9. The molecule has 5 nitrogen and oxygen atoms in total. The van der Waals surface area contributed by atoms with Crippen molar-refractivity contribution in [3.63, 3.8) is 0 Å². The van der Waals surface area contributed by atoms with Crippen LogP contribution in [0.3, 0.4) is 0 Å². The maximum Gasteiger partial charge on any atom is 0.407 e. The summed E-state index contributed by atoms with van der Waals surface area (Å²) in [6.45, 7) is 12.5. The second-order valence-corrected chi connectivity index (χ2v) is 8.14. The molecule has 0 bridgehead atoms. The average Bonchev–Trinajstić information content (AvgIpc) is 3.08. The first kappa shape index (κ1) is 17.9. The Hall–Kier alpha value is -1.91. The van der Waals surface area contributed by atoms with Crippen LogP contribution in [0.5, 0.6) is 5.75 Å². The maximum atomic E-state index is 12.0. The molecule has 0 aliphatic carbocycles. The molecule has 2 aliphatic heterocycles. The van der Waals surface area contributed by atoms with E-state index in [9.17, 15) is 4.79 Å². The molecule has 2 aliphatic rings. The molecule has 5 heteroatoms. The Morgan fingerprint density at radius 1 is 1.44 bits per heavy atom. The third-order valence-corrected chi connectivity index (χ3v) is 4.83. The second-order valence-electron chi connectivity index (χ2n) is 8.14. The second kappa shape index (κ2) is 6.77. The van der Waals surface area contributed by atoms with Crippen LogP contribution in [-0.4, -0.2) is 37.4 Å². The van der Waals surface area contributed by atoms with Gasteiger partial charge < -0.3 is 19.7 Å². The highest BCUT2D eigenvalue weighted by molar-refractivity contribution is 5.71. The summed E-state index contributed by atoms with van der Waals surface area (Å²) in [6, 6.07) is 4.35. The van der Waals surface area contributed by atoms with Crippen LogP contribution in [0.25, 0.3) is 0 Å². The molecule has 0 fully saturated rings. The monoisotopic (exact) mass is 346 g/mol. The smallest absolute Gasteiger partial charge is 0.407 e. The van der Waals surface area contributed by atoms with Gasteiger partial charge in [-0.1, -0.05) is 13.0 Å². The molecule has 138 valence electrons. The van der Waals surface area contributed by atoms with Crippen LogP contribution in [0, 0.1) is 0 Å². The number of nitrogens with one attached hydrogen (secondary N) is 1. The fraction of sp³-hybridized carbons (Fsp3) is 0.650. The Morgan fingerprint density at radius 2 is 2.20 bits per heavy atom. The van der Waals surface area contributed by atoms with Crippen molar-refractivity contribution >= 4 is 11.8 Å². The molecule has 0 spiro atoms. The van der Waals surface area contributed by atoms with Crippen LogP contribution in [0.15, 0.2) is 12.1 Å². The Balaban J connectivity index is 1.72. The fourth-order valence-electron chi connectivity index (χ4n) is 3.83. The number of hydrogen-bond acceptors (Lipinski definition) is 4. The number of carbonyl (C=O) groups excluding carboxylic acids is 1. The van der Waals surface area contributed by atoms with Gasteiger partial charge in [0.1, 0.15) is 11.4 Å². The van der Waals surface area contributed by atoms with Crippen molar-refractivity contribution in [1.29, 1.82) is 0 Å². The van der Waals surface area contributed by atoms with Crippen molar-refractivity contribution < 1.29 is 14.3 Å². The van der Waals surface area contributed by atoms with Gasteiger partial charge in [0.25, 0.3) is 0 Å². The largest absolute Gasteiger partial charge is 0.493 e. The lowest BCUT2D eigenvalue weighted by Gasteiger charge is -2.27. The molecule has 0 aromatic heterocycles. The van der Waals surface area contributed by atoms with Crippen molar-refractivity contribution in [1.82, 2.24) is 5.32 Å². The van der Waals surface area contributed by atoms with E-state index in [0.29, 0.717) is 5.92 Å². The highest BCUT2D eigenvalue weighted by Gasteiger charge is 2.33. The lowest BCUT2D eigenvalue weighted by molar-refractivity contribution is 0.0510. The predicted molar refractivity (Wildman–Crippen MR) is 99.7 cm³/mol. The number of nitrogens with zero attached hydrogens (tertiary/aromatic N) is 1. The van der Waals surface area contributed by atoms with Crippen molar-refractivity contribution in [2.45, 2.75) is 65.0 Å². The van der Waals surface area contributed by atoms with Crippen LogP contribution in [-0.2, 0) is 11.2 Å². The van der Waals surface area contributed by atoms with Gasteiger partial charge in [-0.05, 0) is 45.7 Å². The van der Waals surface area contributed by atoms with Crippen molar-refractivity contribution in [3.05, 3.63) is 23.3 Å². The first-order valence-electron chi connectivity index (χ1n) is 9.31. The minimum absolute atomic E-state index is 0.0106. The van der Waals surface area contributed by atoms with Crippen LogP contribution >= 0.6 is 0 Å². The Bertz CT molecular complexity index is 651. The number of carbonyl (C=O) groups is 1. The van der Waals surface area contributed by atoms with Crippen molar-refractivity contribution in [3.8, 4) is 5.75 Å². The quantitative estimate of drug-likeness (QED) is 0.900.